The first-order valence-electron chi connectivity index (χ1n) is 5.87. The third kappa shape index (κ3) is 2.04. The molecule has 1 saturated carbocycles. The molecule has 5 nitrogen and oxygen atoms in total. The van der Waals surface area contributed by atoms with Crippen molar-refractivity contribution in [1.29, 1.82) is 0 Å². The van der Waals surface area contributed by atoms with Gasteiger partial charge in [0.2, 0.25) is 5.91 Å². The van der Waals surface area contributed by atoms with Gasteiger partial charge in [0.15, 0.2) is 0 Å². The van der Waals surface area contributed by atoms with Crippen molar-refractivity contribution in [2.45, 2.75) is 50.1 Å². The molecular weight excluding hydrogens is 208 g/mol. The van der Waals surface area contributed by atoms with Crippen molar-refractivity contribution in [1.82, 2.24) is 4.90 Å². The van der Waals surface area contributed by atoms with Gasteiger partial charge in [-0.1, -0.05) is 12.8 Å². The molecule has 1 saturated heterocycles. The fraction of sp³-hybridized carbons (Fsp3) is 0.818. The Bertz CT molecular complexity index is 312. The maximum absolute atomic E-state index is 12.1. The third-order valence-electron chi connectivity index (χ3n) is 3.51. The number of nitrogens with two attached hydrogens (primary N) is 1. The van der Waals surface area contributed by atoms with E-state index in [1.165, 1.54) is 4.90 Å². The predicted molar refractivity (Wildman–Crippen MR) is 57.8 cm³/mol. The zero-order chi connectivity index (χ0) is 11.8. The quantitative estimate of drug-likeness (QED) is 0.711. The summed E-state index contributed by atoms with van der Waals surface area (Å²) < 4.78 is 0. The molecule has 0 radical (unpaired) electrons. The number of carboxylic acid groups (broad SMARTS) is 1. The van der Waals surface area contributed by atoms with Crippen molar-refractivity contribution < 1.29 is 14.7 Å². The smallest absolute Gasteiger partial charge is 0.326 e. The molecule has 2 fully saturated rings. The monoisotopic (exact) mass is 226 g/mol. The molecule has 0 bridgehead atoms. The average molecular weight is 226 g/mol. The number of hydrogen-bond donors (Lipinski definition) is 2. The minimum Gasteiger partial charge on any atom is -0.480 e. The Kier molecular flexibility index (Phi) is 2.88. The molecule has 0 spiro atoms. The summed E-state index contributed by atoms with van der Waals surface area (Å²) in [6, 6.07) is -0.670. The SMILES string of the molecule is NC1(C(=O)N2CCCCCC2C(=O)O)CC1. The van der Waals surface area contributed by atoms with Crippen LogP contribution in [0.25, 0.3) is 0 Å². The Morgan fingerprint density at radius 3 is 2.50 bits per heavy atom. The molecule has 90 valence electrons. The lowest BCUT2D eigenvalue weighted by molar-refractivity contribution is -0.151. The van der Waals surface area contributed by atoms with Crippen LogP contribution in [0, 0.1) is 0 Å². The highest BCUT2D eigenvalue weighted by molar-refractivity contribution is 5.92. The Labute approximate surface area is 94.6 Å². The number of likely N-dealkylation sites (tertiary alicyclic amines) is 1. The number of rotatable bonds is 2. The summed E-state index contributed by atoms with van der Waals surface area (Å²) in [6.45, 7) is 0.536. The highest BCUT2D eigenvalue weighted by Crippen LogP contribution is 2.35. The molecular formula is C11H18N2O3. The number of carboxylic acids is 1. The van der Waals surface area contributed by atoms with Gasteiger partial charge in [0, 0.05) is 6.54 Å². The van der Waals surface area contributed by atoms with Crippen molar-refractivity contribution in [2.24, 2.45) is 5.73 Å². The molecule has 0 aromatic rings. The van der Waals surface area contributed by atoms with Gasteiger partial charge >= 0.3 is 5.97 Å². The number of carbonyl (C=O) groups is 2. The molecule has 1 unspecified atom stereocenters. The Balaban J connectivity index is 2.13. The van der Waals surface area contributed by atoms with E-state index >= 15 is 0 Å². The van der Waals surface area contributed by atoms with Crippen LogP contribution in [-0.2, 0) is 9.59 Å². The Hall–Kier alpha value is -1.10. The average Bonchev–Trinajstić information content (AvgIpc) is 3.00. The molecule has 2 aliphatic rings. The van der Waals surface area contributed by atoms with Gasteiger partial charge in [0.1, 0.15) is 6.04 Å². The number of aliphatic carboxylic acids is 1. The van der Waals surface area contributed by atoms with Gasteiger partial charge in [-0.15, -0.1) is 0 Å². The number of carbonyl (C=O) groups excluding carboxylic acids is 1. The van der Waals surface area contributed by atoms with E-state index in [9.17, 15) is 9.59 Å². The van der Waals surface area contributed by atoms with Gasteiger partial charge in [-0.2, -0.15) is 0 Å². The van der Waals surface area contributed by atoms with E-state index < -0.39 is 17.6 Å². The summed E-state index contributed by atoms with van der Waals surface area (Å²) in [4.78, 5) is 24.7. The van der Waals surface area contributed by atoms with Crippen molar-refractivity contribution >= 4 is 11.9 Å². The molecule has 1 aliphatic heterocycles. The van der Waals surface area contributed by atoms with E-state index in [0.29, 0.717) is 25.8 Å². The molecule has 3 N–H and O–H groups in total. The maximum atomic E-state index is 12.1. The van der Waals surface area contributed by atoms with E-state index in [2.05, 4.69) is 0 Å². The van der Waals surface area contributed by atoms with Crippen molar-refractivity contribution in [3.05, 3.63) is 0 Å². The van der Waals surface area contributed by atoms with Crippen LogP contribution in [-0.4, -0.2) is 40.0 Å². The lowest BCUT2D eigenvalue weighted by Gasteiger charge is -2.29. The Morgan fingerprint density at radius 1 is 1.25 bits per heavy atom. The first-order chi connectivity index (χ1) is 7.54. The molecule has 2 rings (SSSR count). The third-order valence-corrected chi connectivity index (χ3v) is 3.51. The second-order valence-electron chi connectivity index (χ2n) is 4.86. The van der Waals surface area contributed by atoms with Crippen LogP contribution in [0.4, 0.5) is 0 Å². The molecule has 1 atom stereocenters. The zero-order valence-corrected chi connectivity index (χ0v) is 9.32. The summed E-state index contributed by atoms with van der Waals surface area (Å²) in [5.74, 6) is -1.07. The van der Waals surface area contributed by atoms with Gasteiger partial charge in [-0.3, -0.25) is 4.79 Å². The molecule has 1 heterocycles. The van der Waals surface area contributed by atoms with Crippen LogP contribution in [0.1, 0.15) is 38.5 Å². The van der Waals surface area contributed by atoms with Crippen LogP contribution >= 0.6 is 0 Å². The van der Waals surface area contributed by atoms with E-state index in [0.717, 1.165) is 19.3 Å². The molecule has 1 aliphatic carbocycles. The van der Waals surface area contributed by atoms with Crippen LogP contribution in [0.2, 0.25) is 0 Å². The normalized spacial score (nSPS) is 28.3. The molecule has 0 aromatic heterocycles. The molecule has 1 amide bonds. The van der Waals surface area contributed by atoms with Crippen molar-refractivity contribution in [2.75, 3.05) is 6.54 Å². The van der Waals surface area contributed by atoms with Crippen molar-refractivity contribution in [3.8, 4) is 0 Å². The zero-order valence-electron chi connectivity index (χ0n) is 9.32. The van der Waals surface area contributed by atoms with E-state index in [1.54, 1.807) is 0 Å². The van der Waals surface area contributed by atoms with Crippen LogP contribution in [0.5, 0.6) is 0 Å². The first kappa shape index (κ1) is 11.4. The lowest BCUT2D eigenvalue weighted by atomic mass is 10.1. The summed E-state index contributed by atoms with van der Waals surface area (Å²) >= 11 is 0. The van der Waals surface area contributed by atoms with E-state index in [1.807, 2.05) is 0 Å². The minimum atomic E-state index is -0.903. The topological polar surface area (TPSA) is 83.6 Å². The fourth-order valence-corrected chi connectivity index (χ4v) is 2.24. The highest BCUT2D eigenvalue weighted by Gasteiger charge is 2.50. The second kappa shape index (κ2) is 4.05. The molecule has 16 heavy (non-hydrogen) atoms. The predicted octanol–water partition coefficient (Wildman–Crippen LogP) is 0.333. The summed E-state index contributed by atoms with van der Waals surface area (Å²) in [7, 11) is 0. The second-order valence-corrected chi connectivity index (χ2v) is 4.86. The van der Waals surface area contributed by atoms with E-state index in [4.69, 9.17) is 10.8 Å². The number of nitrogens with zero attached hydrogens (tertiary/aromatic N) is 1. The number of hydrogen-bond acceptors (Lipinski definition) is 3. The standard InChI is InChI=1S/C11H18N2O3/c12-11(5-6-11)10(16)13-7-3-1-2-4-8(13)9(14)15/h8H,1-7,12H2,(H,14,15). The van der Waals surface area contributed by atoms with E-state index in [-0.39, 0.29) is 5.91 Å². The van der Waals surface area contributed by atoms with Crippen LogP contribution < -0.4 is 5.73 Å². The molecule has 0 aromatic carbocycles. The summed E-state index contributed by atoms with van der Waals surface area (Å²) in [5.41, 5.74) is 5.10. The van der Waals surface area contributed by atoms with Gasteiger partial charge in [0.05, 0.1) is 5.54 Å². The highest BCUT2D eigenvalue weighted by atomic mass is 16.4. The molecule has 5 heteroatoms. The first-order valence-corrected chi connectivity index (χ1v) is 5.87. The van der Waals surface area contributed by atoms with Crippen LogP contribution in [0.15, 0.2) is 0 Å². The van der Waals surface area contributed by atoms with Crippen molar-refractivity contribution in [3.63, 3.8) is 0 Å². The fourth-order valence-electron chi connectivity index (χ4n) is 2.24. The van der Waals surface area contributed by atoms with Gasteiger partial charge in [-0.05, 0) is 25.7 Å². The Morgan fingerprint density at radius 2 is 1.94 bits per heavy atom. The number of amides is 1. The van der Waals surface area contributed by atoms with Gasteiger partial charge in [0.25, 0.3) is 0 Å². The van der Waals surface area contributed by atoms with Gasteiger partial charge < -0.3 is 15.7 Å². The summed E-state index contributed by atoms with van der Waals surface area (Å²) in [6.07, 6.45) is 4.68. The summed E-state index contributed by atoms with van der Waals surface area (Å²) in [5, 5.41) is 9.13. The minimum absolute atomic E-state index is 0.165. The largest absolute Gasteiger partial charge is 0.480 e. The van der Waals surface area contributed by atoms with Crippen LogP contribution in [0.3, 0.4) is 0 Å². The van der Waals surface area contributed by atoms with Gasteiger partial charge in [-0.25, -0.2) is 4.79 Å². The maximum Gasteiger partial charge on any atom is 0.326 e. The lowest BCUT2D eigenvalue weighted by Crippen LogP contribution is -2.52.